The third-order valence-corrected chi connectivity index (χ3v) is 7.21. The molecule has 41 heavy (non-hydrogen) atoms. The van der Waals surface area contributed by atoms with E-state index in [9.17, 15) is 4.79 Å². The Labute approximate surface area is 239 Å². The van der Waals surface area contributed by atoms with Crippen LogP contribution in [-0.4, -0.2) is 71.3 Å². The number of oxazole rings is 1. The fourth-order valence-electron chi connectivity index (χ4n) is 4.91. The van der Waals surface area contributed by atoms with Crippen molar-refractivity contribution in [3.63, 3.8) is 0 Å². The molecule has 10 nitrogen and oxygen atoms in total. The summed E-state index contributed by atoms with van der Waals surface area (Å²) in [5, 5.41) is 7.99. The Bertz CT molecular complexity index is 1530. The van der Waals surface area contributed by atoms with Crippen LogP contribution in [0.15, 0.2) is 65.3 Å². The average Bonchev–Trinajstić information content (AvgIpc) is 3.45. The Morgan fingerprint density at radius 3 is 2.51 bits per heavy atom. The second-order valence-electron chi connectivity index (χ2n) is 10.2. The van der Waals surface area contributed by atoms with Gasteiger partial charge in [0.1, 0.15) is 17.1 Å². The van der Waals surface area contributed by atoms with Crippen molar-refractivity contribution in [2.24, 2.45) is 0 Å². The predicted octanol–water partition coefficient (Wildman–Crippen LogP) is 4.74. The molecule has 0 amide bonds. The number of aromatic nitrogens is 2. The molecule has 0 saturated carbocycles. The minimum atomic E-state index is -0.599. The number of hydrogen-bond acceptors (Lipinski definition) is 10. The van der Waals surface area contributed by atoms with E-state index in [2.05, 4.69) is 33.6 Å². The zero-order valence-electron chi connectivity index (χ0n) is 23.5. The molecule has 0 radical (unpaired) electrons. The number of piperazine rings is 1. The van der Waals surface area contributed by atoms with Crippen LogP contribution in [-0.2, 0) is 6.54 Å². The normalized spacial score (nSPS) is 14.2. The number of nitrogen functional groups attached to an aromatic ring is 1. The number of carbonyl (C=O) groups is 1. The van der Waals surface area contributed by atoms with Gasteiger partial charge in [0, 0.05) is 67.0 Å². The van der Waals surface area contributed by atoms with Crippen molar-refractivity contribution in [1.29, 1.82) is 5.41 Å². The molecule has 3 heterocycles. The standard InChI is InChI=1S/C31H34N6O4/c1-20(2)37-11-9-36(10-12-37)19-24-18-35-30(40-24)25-13-21(15-28(33)27(25)16-32)22-14-26(29(39-3)34-17-22)31(38)41-23-7-5-4-6-8-23/h4-8,13-18,20,32H,9-12,19,33H2,1-3H3. The monoisotopic (exact) mass is 554 g/mol. The fourth-order valence-corrected chi connectivity index (χ4v) is 4.91. The summed E-state index contributed by atoms with van der Waals surface area (Å²) in [7, 11) is 1.45. The number of anilines is 1. The van der Waals surface area contributed by atoms with Gasteiger partial charge in [-0.2, -0.15) is 0 Å². The van der Waals surface area contributed by atoms with E-state index in [4.69, 9.17) is 25.0 Å². The van der Waals surface area contributed by atoms with Gasteiger partial charge in [-0.3, -0.25) is 9.80 Å². The highest BCUT2D eigenvalue weighted by molar-refractivity contribution is 5.97. The highest BCUT2D eigenvalue weighted by Gasteiger charge is 2.22. The number of nitrogens with two attached hydrogens (primary N) is 1. The molecule has 1 saturated heterocycles. The van der Waals surface area contributed by atoms with Gasteiger partial charge in [-0.15, -0.1) is 0 Å². The Kier molecular flexibility index (Phi) is 8.42. The summed E-state index contributed by atoms with van der Waals surface area (Å²) in [4.78, 5) is 26.7. The van der Waals surface area contributed by atoms with Crippen LogP contribution in [0.25, 0.3) is 22.6 Å². The number of nitrogens with zero attached hydrogens (tertiary/aromatic N) is 4. The molecule has 3 N–H and O–H groups in total. The molecule has 4 aromatic rings. The third kappa shape index (κ3) is 6.29. The maximum Gasteiger partial charge on any atom is 0.349 e. The quantitative estimate of drug-likeness (QED) is 0.130. The average molecular weight is 555 g/mol. The molecule has 0 bridgehead atoms. The lowest BCUT2D eigenvalue weighted by Gasteiger charge is -2.36. The van der Waals surface area contributed by atoms with Crippen LogP contribution in [0.4, 0.5) is 5.69 Å². The molecule has 5 rings (SSSR count). The number of rotatable bonds is 9. The minimum Gasteiger partial charge on any atom is -0.480 e. The second kappa shape index (κ2) is 12.3. The number of ether oxygens (including phenoxy) is 2. The number of methoxy groups -OCH3 is 1. The summed E-state index contributed by atoms with van der Waals surface area (Å²) in [6.45, 7) is 9.06. The van der Waals surface area contributed by atoms with Gasteiger partial charge in [0.05, 0.1) is 19.9 Å². The van der Waals surface area contributed by atoms with E-state index < -0.39 is 5.97 Å². The fraction of sp³-hybridized carbons (Fsp3) is 0.290. The Hall–Kier alpha value is -4.54. The maximum atomic E-state index is 13.0. The Morgan fingerprint density at radius 2 is 1.83 bits per heavy atom. The molecule has 0 unspecified atom stereocenters. The summed E-state index contributed by atoms with van der Waals surface area (Å²) in [6.07, 6.45) is 4.52. The number of pyridine rings is 1. The maximum absolute atomic E-state index is 13.0. The smallest absolute Gasteiger partial charge is 0.349 e. The summed E-state index contributed by atoms with van der Waals surface area (Å²) < 4.78 is 17.0. The summed E-state index contributed by atoms with van der Waals surface area (Å²) in [5.41, 5.74) is 9.30. The van der Waals surface area contributed by atoms with Crippen molar-refractivity contribution in [3.05, 3.63) is 77.8 Å². The molecule has 1 aliphatic heterocycles. The topological polar surface area (TPSA) is 131 Å². The van der Waals surface area contributed by atoms with Crippen LogP contribution in [0, 0.1) is 5.41 Å². The molecule has 0 spiro atoms. The molecule has 212 valence electrons. The highest BCUT2D eigenvalue weighted by Crippen LogP contribution is 2.34. The Balaban J connectivity index is 1.42. The van der Waals surface area contributed by atoms with Crippen molar-refractivity contribution in [3.8, 4) is 34.2 Å². The first kappa shape index (κ1) is 28.0. The molecule has 2 aromatic carbocycles. The van der Waals surface area contributed by atoms with Crippen molar-refractivity contribution >= 4 is 17.9 Å². The SMILES string of the molecule is COc1ncc(-c2cc(N)c(C=N)c(-c3ncc(CN4CCN(C(C)C)CC4)o3)c2)cc1C(=O)Oc1ccccc1. The van der Waals surface area contributed by atoms with Crippen LogP contribution in [0.1, 0.15) is 35.5 Å². The molecule has 2 aromatic heterocycles. The number of para-hydroxylation sites is 1. The lowest BCUT2D eigenvalue weighted by atomic mass is 9.97. The van der Waals surface area contributed by atoms with Gasteiger partial charge in [0.2, 0.25) is 11.8 Å². The largest absolute Gasteiger partial charge is 0.480 e. The van der Waals surface area contributed by atoms with Crippen molar-refractivity contribution < 1.29 is 18.7 Å². The van der Waals surface area contributed by atoms with Gasteiger partial charge in [0.25, 0.3) is 0 Å². The van der Waals surface area contributed by atoms with Crippen LogP contribution in [0.3, 0.4) is 0 Å². The first-order valence-electron chi connectivity index (χ1n) is 13.5. The molecule has 0 aliphatic carbocycles. The van der Waals surface area contributed by atoms with E-state index in [-0.39, 0.29) is 11.4 Å². The van der Waals surface area contributed by atoms with E-state index in [0.717, 1.165) is 31.9 Å². The molecule has 1 aliphatic rings. The Morgan fingerprint density at radius 1 is 1.07 bits per heavy atom. The molecule has 1 fully saturated rings. The van der Waals surface area contributed by atoms with Gasteiger partial charge < -0.3 is 25.0 Å². The van der Waals surface area contributed by atoms with Crippen molar-refractivity contribution in [2.45, 2.75) is 26.4 Å². The van der Waals surface area contributed by atoms with Crippen molar-refractivity contribution in [1.82, 2.24) is 19.8 Å². The zero-order chi connectivity index (χ0) is 28.9. The molecule has 0 atom stereocenters. The van der Waals surface area contributed by atoms with Crippen LogP contribution >= 0.6 is 0 Å². The first-order valence-corrected chi connectivity index (χ1v) is 13.5. The van der Waals surface area contributed by atoms with E-state index >= 15 is 0 Å². The van der Waals surface area contributed by atoms with Gasteiger partial charge >= 0.3 is 5.97 Å². The van der Waals surface area contributed by atoms with E-state index in [1.807, 2.05) is 12.1 Å². The highest BCUT2D eigenvalue weighted by atomic mass is 16.5. The lowest BCUT2D eigenvalue weighted by Crippen LogP contribution is -2.48. The van der Waals surface area contributed by atoms with E-state index in [0.29, 0.717) is 52.2 Å². The van der Waals surface area contributed by atoms with Crippen molar-refractivity contribution in [2.75, 3.05) is 39.0 Å². The number of benzene rings is 2. The third-order valence-electron chi connectivity index (χ3n) is 7.21. The zero-order valence-corrected chi connectivity index (χ0v) is 23.5. The molecular weight excluding hydrogens is 520 g/mol. The molecule has 10 heteroatoms. The number of esters is 1. The minimum absolute atomic E-state index is 0.144. The summed E-state index contributed by atoms with van der Waals surface area (Å²) >= 11 is 0. The predicted molar refractivity (Wildman–Crippen MR) is 157 cm³/mol. The number of nitrogens with one attached hydrogen (secondary N) is 1. The first-order chi connectivity index (χ1) is 19.9. The van der Waals surface area contributed by atoms with Crippen LogP contribution in [0.2, 0.25) is 0 Å². The summed E-state index contributed by atoms with van der Waals surface area (Å²) in [6, 6.07) is 14.6. The lowest BCUT2D eigenvalue weighted by molar-refractivity contribution is 0.0730. The van der Waals surface area contributed by atoms with E-state index in [1.54, 1.807) is 48.8 Å². The van der Waals surface area contributed by atoms with Gasteiger partial charge in [-0.05, 0) is 49.7 Å². The van der Waals surface area contributed by atoms with Gasteiger partial charge in [-0.1, -0.05) is 18.2 Å². The second-order valence-corrected chi connectivity index (χ2v) is 10.2. The molecular formula is C31H34N6O4. The van der Waals surface area contributed by atoms with Crippen LogP contribution in [0.5, 0.6) is 11.6 Å². The number of hydrogen-bond donors (Lipinski definition) is 2. The van der Waals surface area contributed by atoms with Crippen LogP contribution < -0.4 is 15.2 Å². The number of carbonyl (C=O) groups excluding carboxylic acids is 1. The van der Waals surface area contributed by atoms with E-state index in [1.165, 1.54) is 13.3 Å². The van der Waals surface area contributed by atoms with Gasteiger partial charge in [0.15, 0.2) is 0 Å². The van der Waals surface area contributed by atoms with Gasteiger partial charge in [-0.25, -0.2) is 14.8 Å². The summed E-state index contributed by atoms with van der Waals surface area (Å²) in [5.74, 6) is 1.07.